The second-order valence-corrected chi connectivity index (χ2v) is 5.33. The van der Waals surface area contributed by atoms with Crippen molar-refractivity contribution in [3.8, 4) is 0 Å². The molecule has 0 atom stereocenters. The molecule has 26 heavy (non-hydrogen) atoms. The zero-order valence-corrected chi connectivity index (χ0v) is 14.7. The van der Waals surface area contributed by atoms with E-state index >= 15 is 0 Å². The molecule has 0 aliphatic rings. The number of benzene rings is 2. The molecule has 0 bridgehead atoms. The summed E-state index contributed by atoms with van der Waals surface area (Å²) in [7, 11) is 2.73. The summed E-state index contributed by atoms with van der Waals surface area (Å²) in [6, 6.07) is 14.3. The molecule has 0 fully saturated rings. The van der Waals surface area contributed by atoms with E-state index in [1.807, 2.05) is 60.7 Å². The summed E-state index contributed by atoms with van der Waals surface area (Å²) in [4.78, 5) is 22.7. The SMILES string of the molecule is COC(=O)c1ccc(\C=C/C=C/C=C\c2ccc(C(=O)OC)cc2)cc1. The highest BCUT2D eigenvalue weighted by molar-refractivity contribution is 5.90. The third-order valence-corrected chi connectivity index (χ3v) is 3.57. The second-order valence-electron chi connectivity index (χ2n) is 5.33. The van der Waals surface area contributed by atoms with Gasteiger partial charge in [-0.15, -0.1) is 0 Å². The van der Waals surface area contributed by atoms with Crippen molar-refractivity contribution in [2.45, 2.75) is 0 Å². The highest BCUT2D eigenvalue weighted by Gasteiger charge is 2.03. The number of esters is 2. The van der Waals surface area contributed by atoms with Crippen LogP contribution in [-0.2, 0) is 9.47 Å². The molecule has 2 rings (SSSR count). The van der Waals surface area contributed by atoms with E-state index in [9.17, 15) is 9.59 Å². The Labute approximate surface area is 153 Å². The van der Waals surface area contributed by atoms with Crippen molar-refractivity contribution < 1.29 is 19.1 Å². The van der Waals surface area contributed by atoms with Gasteiger partial charge in [0.25, 0.3) is 0 Å². The van der Waals surface area contributed by atoms with Crippen LogP contribution in [0.4, 0.5) is 0 Å². The highest BCUT2D eigenvalue weighted by Crippen LogP contribution is 2.09. The zero-order valence-electron chi connectivity index (χ0n) is 14.7. The van der Waals surface area contributed by atoms with E-state index in [0.29, 0.717) is 11.1 Å². The molecule has 0 radical (unpaired) electrons. The van der Waals surface area contributed by atoms with E-state index in [2.05, 4.69) is 9.47 Å². The molecule has 0 aliphatic carbocycles. The number of hydrogen-bond donors (Lipinski definition) is 0. The lowest BCUT2D eigenvalue weighted by Gasteiger charge is -1.99. The monoisotopic (exact) mass is 348 g/mol. The lowest BCUT2D eigenvalue weighted by molar-refractivity contribution is 0.0592. The van der Waals surface area contributed by atoms with Crippen molar-refractivity contribution in [3.63, 3.8) is 0 Å². The zero-order chi connectivity index (χ0) is 18.8. The fourth-order valence-corrected chi connectivity index (χ4v) is 2.16. The van der Waals surface area contributed by atoms with Gasteiger partial charge in [0.15, 0.2) is 0 Å². The van der Waals surface area contributed by atoms with Crippen LogP contribution in [0.25, 0.3) is 12.2 Å². The molecule has 2 aromatic carbocycles. The van der Waals surface area contributed by atoms with Crippen LogP contribution in [-0.4, -0.2) is 26.2 Å². The lowest BCUT2D eigenvalue weighted by atomic mass is 10.1. The minimum absolute atomic E-state index is 0.342. The number of ether oxygens (including phenoxy) is 2. The quantitative estimate of drug-likeness (QED) is 0.568. The minimum atomic E-state index is -0.342. The summed E-state index contributed by atoms with van der Waals surface area (Å²) < 4.78 is 9.33. The van der Waals surface area contributed by atoms with Crippen LogP contribution in [0, 0.1) is 0 Å². The summed E-state index contributed by atoms with van der Waals surface area (Å²) in [5, 5.41) is 0. The molecule has 0 aromatic heterocycles. The maximum absolute atomic E-state index is 11.4. The molecular formula is C22H20O4. The topological polar surface area (TPSA) is 52.6 Å². The van der Waals surface area contributed by atoms with Crippen molar-refractivity contribution >= 4 is 24.1 Å². The van der Waals surface area contributed by atoms with Gasteiger partial charge < -0.3 is 9.47 Å². The number of carbonyl (C=O) groups is 2. The normalized spacial score (nSPS) is 11.3. The van der Waals surface area contributed by atoms with Gasteiger partial charge in [-0.3, -0.25) is 0 Å². The number of allylic oxidation sites excluding steroid dienone is 4. The standard InChI is InChI=1S/C22H20O4/c1-25-21(23)19-13-9-17(10-14-19)7-5-3-4-6-8-18-11-15-20(16-12-18)22(24)26-2/h3-16H,1-2H3/b4-3+,7-5-,8-6-. The largest absolute Gasteiger partial charge is 0.465 e. The van der Waals surface area contributed by atoms with Crippen LogP contribution in [0.5, 0.6) is 0 Å². The van der Waals surface area contributed by atoms with Gasteiger partial charge in [0, 0.05) is 0 Å². The molecule has 0 aliphatic heterocycles. The summed E-state index contributed by atoms with van der Waals surface area (Å²) in [6.45, 7) is 0. The molecular weight excluding hydrogens is 328 g/mol. The first-order chi connectivity index (χ1) is 12.6. The average molecular weight is 348 g/mol. The molecule has 0 amide bonds. The van der Waals surface area contributed by atoms with E-state index in [1.165, 1.54) is 14.2 Å². The predicted molar refractivity (Wildman–Crippen MR) is 103 cm³/mol. The third-order valence-electron chi connectivity index (χ3n) is 3.57. The Morgan fingerprint density at radius 1 is 0.615 bits per heavy atom. The van der Waals surface area contributed by atoms with Gasteiger partial charge >= 0.3 is 11.9 Å². The molecule has 2 aromatic rings. The van der Waals surface area contributed by atoms with E-state index in [4.69, 9.17) is 0 Å². The summed E-state index contributed by atoms with van der Waals surface area (Å²) in [6.07, 6.45) is 11.5. The van der Waals surface area contributed by atoms with Gasteiger partial charge in [0.2, 0.25) is 0 Å². The van der Waals surface area contributed by atoms with Crippen LogP contribution in [0.15, 0.2) is 72.8 Å². The second kappa shape index (κ2) is 9.79. The van der Waals surface area contributed by atoms with Gasteiger partial charge in [0.1, 0.15) is 0 Å². The van der Waals surface area contributed by atoms with E-state index in [-0.39, 0.29) is 11.9 Å². The Kier molecular flexibility index (Phi) is 7.13. The lowest BCUT2D eigenvalue weighted by Crippen LogP contribution is -2.00. The van der Waals surface area contributed by atoms with Crippen molar-refractivity contribution in [3.05, 3.63) is 95.1 Å². The molecule has 0 unspecified atom stereocenters. The van der Waals surface area contributed by atoms with Gasteiger partial charge in [-0.2, -0.15) is 0 Å². The number of carbonyl (C=O) groups excluding carboxylic acids is 2. The molecule has 132 valence electrons. The van der Waals surface area contributed by atoms with Gasteiger partial charge in [0.05, 0.1) is 25.3 Å². The van der Waals surface area contributed by atoms with Crippen LogP contribution in [0.1, 0.15) is 31.8 Å². The van der Waals surface area contributed by atoms with Crippen LogP contribution < -0.4 is 0 Å². The van der Waals surface area contributed by atoms with Crippen LogP contribution in [0.2, 0.25) is 0 Å². The van der Waals surface area contributed by atoms with E-state index in [1.54, 1.807) is 24.3 Å². The predicted octanol–water partition coefficient (Wildman–Crippen LogP) is 4.54. The van der Waals surface area contributed by atoms with Crippen LogP contribution in [0.3, 0.4) is 0 Å². The molecule has 0 saturated heterocycles. The smallest absolute Gasteiger partial charge is 0.337 e. The number of hydrogen-bond acceptors (Lipinski definition) is 4. The Morgan fingerprint density at radius 3 is 1.27 bits per heavy atom. The maximum atomic E-state index is 11.4. The molecule has 0 spiro atoms. The van der Waals surface area contributed by atoms with Crippen molar-refractivity contribution in [1.82, 2.24) is 0 Å². The average Bonchev–Trinajstić information content (AvgIpc) is 2.70. The number of rotatable bonds is 6. The Bertz CT molecular complexity index is 754. The Hall–Kier alpha value is -3.40. The first-order valence-corrected chi connectivity index (χ1v) is 8.02. The van der Waals surface area contributed by atoms with Crippen molar-refractivity contribution in [2.75, 3.05) is 14.2 Å². The highest BCUT2D eigenvalue weighted by atomic mass is 16.5. The fraction of sp³-hybridized carbons (Fsp3) is 0.0909. The fourth-order valence-electron chi connectivity index (χ4n) is 2.16. The maximum Gasteiger partial charge on any atom is 0.337 e. The van der Waals surface area contributed by atoms with Crippen molar-refractivity contribution in [1.29, 1.82) is 0 Å². The summed E-state index contributed by atoms with van der Waals surface area (Å²) in [5.41, 5.74) is 3.04. The van der Waals surface area contributed by atoms with Gasteiger partial charge in [-0.1, -0.05) is 60.7 Å². The molecule has 0 N–H and O–H groups in total. The Morgan fingerprint density at radius 2 is 0.962 bits per heavy atom. The first kappa shape index (κ1) is 18.9. The van der Waals surface area contributed by atoms with Crippen LogP contribution >= 0.6 is 0 Å². The van der Waals surface area contributed by atoms with Crippen molar-refractivity contribution in [2.24, 2.45) is 0 Å². The third kappa shape index (κ3) is 5.60. The summed E-state index contributed by atoms with van der Waals surface area (Å²) >= 11 is 0. The minimum Gasteiger partial charge on any atom is -0.465 e. The van der Waals surface area contributed by atoms with Gasteiger partial charge in [-0.05, 0) is 35.4 Å². The van der Waals surface area contributed by atoms with E-state index in [0.717, 1.165) is 11.1 Å². The summed E-state index contributed by atoms with van der Waals surface area (Å²) in [5.74, 6) is -0.685. The van der Waals surface area contributed by atoms with E-state index < -0.39 is 0 Å². The van der Waals surface area contributed by atoms with Gasteiger partial charge in [-0.25, -0.2) is 9.59 Å². The molecule has 0 saturated carbocycles. The Balaban J connectivity index is 1.88. The molecule has 4 heteroatoms. The first-order valence-electron chi connectivity index (χ1n) is 8.02. The molecule has 0 heterocycles. The number of methoxy groups -OCH3 is 2. The molecule has 4 nitrogen and oxygen atoms in total.